The van der Waals surface area contributed by atoms with E-state index in [0.29, 0.717) is 31.2 Å². The molecule has 0 aromatic heterocycles. The van der Waals surface area contributed by atoms with Crippen molar-refractivity contribution in [2.75, 3.05) is 0 Å². The molecule has 0 saturated heterocycles. The number of aliphatic hydroxyl groups excluding tert-OH is 1. The van der Waals surface area contributed by atoms with E-state index in [2.05, 4.69) is 57.9 Å². The Morgan fingerprint density at radius 3 is 2.31 bits per heavy atom. The lowest BCUT2D eigenvalue weighted by Gasteiger charge is -2.51. The molecule has 272 valence electrons. The first kappa shape index (κ1) is 40.2. The Kier molecular flexibility index (Phi) is 13.2. The van der Waals surface area contributed by atoms with Crippen LogP contribution in [0.2, 0.25) is 0 Å². The Hall–Kier alpha value is -2.22. The Morgan fingerprint density at radius 1 is 1.02 bits per heavy atom. The molecule has 0 saturated carbocycles. The summed E-state index contributed by atoms with van der Waals surface area (Å²) in [6.45, 7) is 14.5. The van der Waals surface area contributed by atoms with Crippen molar-refractivity contribution in [3.63, 3.8) is 0 Å². The maximum atomic E-state index is 11.7. The number of hydrogen-bond acceptors (Lipinski definition) is 8. The van der Waals surface area contributed by atoms with Gasteiger partial charge in [0.15, 0.2) is 0 Å². The molecule has 4 N–H and O–H groups in total. The number of benzene rings is 1. The lowest BCUT2D eigenvalue weighted by Crippen LogP contribution is -2.42. The van der Waals surface area contributed by atoms with E-state index in [1.54, 1.807) is 6.92 Å². The quantitative estimate of drug-likeness (QED) is 0.0978. The van der Waals surface area contributed by atoms with E-state index in [1.807, 2.05) is 0 Å². The van der Waals surface area contributed by atoms with Gasteiger partial charge in [-0.3, -0.25) is 9.11 Å². The van der Waals surface area contributed by atoms with E-state index >= 15 is 0 Å². The van der Waals surface area contributed by atoms with Gasteiger partial charge in [-0.05, 0) is 140 Å². The second kappa shape index (κ2) is 15.8. The fraction of sp³-hybridized carbons (Fsp3) is 0.667. The Balaban J connectivity index is 1.84. The molecule has 3 unspecified atom stereocenters. The van der Waals surface area contributed by atoms with Crippen molar-refractivity contribution >= 4 is 20.8 Å². The average molecular weight is 713 g/mol. The van der Waals surface area contributed by atoms with Gasteiger partial charge in [0, 0.05) is 5.56 Å². The molecule has 0 spiro atoms. The van der Waals surface area contributed by atoms with Crippen LogP contribution in [0.5, 0.6) is 11.5 Å². The van der Waals surface area contributed by atoms with Gasteiger partial charge in [0.25, 0.3) is 0 Å². The number of rotatable bonds is 16. The summed E-state index contributed by atoms with van der Waals surface area (Å²) in [4.78, 5) is 0. The lowest BCUT2D eigenvalue weighted by atomic mass is 9.54. The maximum absolute atomic E-state index is 11.7. The van der Waals surface area contributed by atoms with Gasteiger partial charge in [0.05, 0.1) is 11.7 Å². The number of allylic oxidation sites excluding steroid dienone is 6. The van der Waals surface area contributed by atoms with Gasteiger partial charge < -0.3 is 18.6 Å². The zero-order valence-electron chi connectivity index (χ0n) is 29.6. The molecule has 0 amide bonds. The summed E-state index contributed by atoms with van der Waals surface area (Å²) in [7, 11) is -9.71. The summed E-state index contributed by atoms with van der Waals surface area (Å²) in [5, 5.41) is 22.4. The van der Waals surface area contributed by atoms with Gasteiger partial charge >= 0.3 is 20.8 Å². The molecular weight excluding hydrogens is 657 g/mol. The molecule has 2 aliphatic carbocycles. The van der Waals surface area contributed by atoms with Crippen molar-refractivity contribution in [2.45, 2.75) is 137 Å². The standard InChI is InChI=1S/C36H56O10S2/c1-25(2)11-8-12-26(3)13-9-21-36(7,38)33(37)19-22-34(5)20-10-14-31-30(34)17-15-27(4)35(31,6)24-28-23-29(45-47(39,40)41)16-18-32(28)46-48(42,43)44/h11,13,16,18,23,27,33,37-38H,8-10,12,14-15,17,19-22,24H2,1-7H3,(H,39,40,41)(H,42,43,44)/t27-,33?,34-,35?,36?/m0/s1. The van der Waals surface area contributed by atoms with E-state index in [0.717, 1.165) is 51.0 Å². The zero-order chi connectivity index (χ0) is 36.1. The minimum Gasteiger partial charge on any atom is -0.390 e. The van der Waals surface area contributed by atoms with E-state index in [9.17, 15) is 36.2 Å². The molecule has 0 heterocycles. The molecule has 5 atom stereocenters. The fourth-order valence-electron chi connectivity index (χ4n) is 7.63. The van der Waals surface area contributed by atoms with E-state index < -0.39 is 37.9 Å². The SMILES string of the molecule is CC(C)=CCCC(C)=CCCC(C)(O)C(O)CC[C@]1(C)CCCC2=C1CC[C@H](C)C2(C)Cc1cc(OS(=O)(=O)O)ccc1OS(=O)(=O)O. The molecule has 0 aliphatic heterocycles. The van der Waals surface area contributed by atoms with Crippen LogP contribution >= 0.6 is 0 Å². The molecule has 3 rings (SSSR count). The van der Waals surface area contributed by atoms with Gasteiger partial charge in [0.1, 0.15) is 11.5 Å². The van der Waals surface area contributed by atoms with Gasteiger partial charge in [0.2, 0.25) is 0 Å². The van der Waals surface area contributed by atoms with Crippen molar-refractivity contribution < 1.29 is 44.5 Å². The summed E-state index contributed by atoms with van der Waals surface area (Å²) >= 11 is 0. The van der Waals surface area contributed by atoms with Gasteiger partial charge in [-0.15, -0.1) is 0 Å². The molecular formula is C36H56O10S2. The highest BCUT2D eigenvalue weighted by Gasteiger charge is 2.46. The van der Waals surface area contributed by atoms with Crippen LogP contribution in [-0.2, 0) is 27.2 Å². The predicted molar refractivity (Wildman–Crippen MR) is 188 cm³/mol. The first-order chi connectivity index (χ1) is 22.0. The van der Waals surface area contributed by atoms with Crippen LogP contribution in [0.1, 0.15) is 125 Å². The highest BCUT2D eigenvalue weighted by molar-refractivity contribution is 7.81. The normalized spacial score (nSPS) is 25.6. The Bertz CT molecular complexity index is 1600. The van der Waals surface area contributed by atoms with Crippen LogP contribution in [0.25, 0.3) is 0 Å². The lowest BCUT2D eigenvalue weighted by molar-refractivity contribution is -0.0733. The molecule has 48 heavy (non-hydrogen) atoms. The van der Waals surface area contributed by atoms with Crippen LogP contribution < -0.4 is 8.37 Å². The van der Waals surface area contributed by atoms with Crippen LogP contribution in [0.3, 0.4) is 0 Å². The van der Waals surface area contributed by atoms with Gasteiger partial charge in [-0.1, -0.05) is 55.2 Å². The van der Waals surface area contributed by atoms with E-state index in [1.165, 1.54) is 34.4 Å². The summed E-state index contributed by atoms with van der Waals surface area (Å²) in [6, 6.07) is 3.63. The summed E-state index contributed by atoms with van der Waals surface area (Å²) in [5.74, 6) is -0.225. The molecule has 1 aromatic carbocycles. The minimum atomic E-state index is -4.88. The zero-order valence-corrected chi connectivity index (χ0v) is 31.2. The topological polar surface area (TPSA) is 168 Å². The number of hydrogen-bond donors (Lipinski definition) is 4. The molecule has 0 bridgehead atoms. The van der Waals surface area contributed by atoms with E-state index in [4.69, 9.17) is 4.18 Å². The van der Waals surface area contributed by atoms with Crippen molar-refractivity contribution in [3.8, 4) is 11.5 Å². The first-order valence-electron chi connectivity index (χ1n) is 16.9. The summed E-state index contributed by atoms with van der Waals surface area (Å²) in [6.07, 6.45) is 12.4. The summed E-state index contributed by atoms with van der Waals surface area (Å²) in [5.41, 5.74) is 3.53. The second-order valence-electron chi connectivity index (χ2n) is 15.0. The summed E-state index contributed by atoms with van der Waals surface area (Å²) < 4.78 is 74.4. The van der Waals surface area contributed by atoms with Crippen LogP contribution in [0, 0.1) is 16.7 Å². The van der Waals surface area contributed by atoms with Gasteiger partial charge in [-0.2, -0.15) is 16.8 Å². The average Bonchev–Trinajstić information content (AvgIpc) is 2.94. The molecule has 0 radical (unpaired) electrons. The first-order valence-corrected chi connectivity index (χ1v) is 19.7. The third-order valence-electron chi connectivity index (χ3n) is 10.8. The van der Waals surface area contributed by atoms with Crippen LogP contribution in [0.4, 0.5) is 0 Å². The molecule has 1 aromatic rings. The third-order valence-corrected chi connectivity index (χ3v) is 11.6. The molecule has 10 nitrogen and oxygen atoms in total. The number of aliphatic hydroxyl groups is 2. The predicted octanol–water partition coefficient (Wildman–Crippen LogP) is 7.88. The third kappa shape index (κ3) is 11.1. The van der Waals surface area contributed by atoms with E-state index in [-0.39, 0.29) is 29.3 Å². The van der Waals surface area contributed by atoms with Crippen molar-refractivity contribution in [3.05, 3.63) is 58.2 Å². The van der Waals surface area contributed by atoms with Crippen molar-refractivity contribution in [2.24, 2.45) is 16.7 Å². The Labute approximate surface area is 288 Å². The molecule has 12 heteroatoms. The highest BCUT2D eigenvalue weighted by atomic mass is 32.3. The largest absolute Gasteiger partial charge is 0.446 e. The maximum Gasteiger partial charge on any atom is 0.446 e. The fourth-order valence-corrected chi connectivity index (χ4v) is 8.37. The van der Waals surface area contributed by atoms with Crippen LogP contribution in [0.15, 0.2) is 52.6 Å². The monoisotopic (exact) mass is 712 g/mol. The highest BCUT2D eigenvalue weighted by Crippen LogP contribution is 2.58. The van der Waals surface area contributed by atoms with Crippen LogP contribution in [-0.4, -0.2) is 47.9 Å². The van der Waals surface area contributed by atoms with Crippen molar-refractivity contribution in [1.29, 1.82) is 0 Å². The van der Waals surface area contributed by atoms with Crippen molar-refractivity contribution in [1.82, 2.24) is 0 Å². The molecule has 2 aliphatic rings. The molecule has 0 fully saturated rings. The second-order valence-corrected chi connectivity index (χ2v) is 17.1. The van der Waals surface area contributed by atoms with Gasteiger partial charge in [-0.25, -0.2) is 0 Å². The minimum absolute atomic E-state index is 0.160. The Morgan fingerprint density at radius 2 is 1.69 bits per heavy atom. The smallest absolute Gasteiger partial charge is 0.390 e.